The van der Waals surface area contributed by atoms with E-state index in [1.807, 2.05) is 13.8 Å². The standard InChI is InChI=1S/C11H18N2O3/c1-4-5-12-7-10(14)13-9(11(15)16)6-8(2)3/h1,8-9,12H,5-7H2,2-3H3,(H,13,14)(H,15,16)/t9-/m0/s1. The van der Waals surface area contributed by atoms with Crippen molar-refractivity contribution in [3.63, 3.8) is 0 Å². The minimum atomic E-state index is -1.01. The highest BCUT2D eigenvalue weighted by molar-refractivity contribution is 5.84. The maximum atomic E-state index is 11.3. The third kappa shape index (κ3) is 6.85. The van der Waals surface area contributed by atoms with Crippen molar-refractivity contribution in [1.29, 1.82) is 0 Å². The number of carboxylic acids is 1. The molecule has 0 aromatic heterocycles. The predicted octanol–water partition coefficient (Wildman–Crippen LogP) is -0.175. The zero-order valence-electron chi connectivity index (χ0n) is 9.62. The van der Waals surface area contributed by atoms with Crippen LogP contribution in [0.4, 0.5) is 0 Å². The van der Waals surface area contributed by atoms with Crippen LogP contribution in [0.3, 0.4) is 0 Å². The van der Waals surface area contributed by atoms with Crippen LogP contribution in [0.1, 0.15) is 20.3 Å². The molecule has 0 saturated carbocycles. The molecule has 0 unspecified atom stereocenters. The van der Waals surface area contributed by atoms with E-state index in [1.54, 1.807) is 0 Å². The molecular weight excluding hydrogens is 208 g/mol. The molecule has 0 radical (unpaired) electrons. The van der Waals surface area contributed by atoms with Gasteiger partial charge in [-0.05, 0) is 12.3 Å². The highest BCUT2D eigenvalue weighted by atomic mass is 16.4. The van der Waals surface area contributed by atoms with Gasteiger partial charge in [-0.2, -0.15) is 0 Å². The van der Waals surface area contributed by atoms with Crippen LogP contribution in [0.2, 0.25) is 0 Å². The normalized spacial score (nSPS) is 11.9. The summed E-state index contributed by atoms with van der Waals surface area (Å²) in [6.07, 6.45) is 5.40. The van der Waals surface area contributed by atoms with Crippen molar-refractivity contribution in [3.8, 4) is 12.3 Å². The summed E-state index contributed by atoms with van der Waals surface area (Å²) >= 11 is 0. The Bertz CT molecular complexity index is 281. The Morgan fingerprint density at radius 2 is 2.06 bits per heavy atom. The largest absolute Gasteiger partial charge is 0.480 e. The Hall–Kier alpha value is -1.54. The molecule has 5 nitrogen and oxygen atoms in total. The van der Waals surface area contributed by atoms with E-state index in [4.69, 9.17) is 11.5 Å². The third-order valence-corrected chi connectivity index (χ3v) is 1.85. The molecule has 0 aliphatic rings. The fourth-order valence-corrected chi connectivity index (χ4v) is 1.19. The first kappa shape index (κ1) is 14.5. The smallest absolute Gasteiger partial charge is 0.326 e. The first-order valence-electron chi connectivity index (χ1n) is 5.13. The van der Waals surface area contributed by atoms with Crippen molar-refractivity contribution in [2.24, 2.45) is 5.92 Å². The average molecular weight is 226 g/mol. The molecule has 0 aliphatic carbocycles. The van der Waals surface area contributed by atoms with Crippen LogP contribution in [-0.4, -0.2) is 36.1 Å². The molecule has 0 heterocycles. The quantitative estimate of drug-likeness (QED) is 0.416. The van der Waals surface area contributed by atoms with Crippen LogP contribution in [0.15, 0.2) is 0 Å². The van der Waals surface area contributed by atoms with Crippen molar-refractivity contribution in [1.82, 2.24) is 10.6 Å². The van der Waals surface area contributed by atoms with E-state index < -0.39 is 12.0 Å². The van der Waals surface area contributed by atoms with Gasteiger partial charge >= 0.3 is 5.97 Å². The van der Waals surface area contributed by atoms with Crippen LogP contribution in [0.5, 0.6) is 0 Å². The number of amides is 1. The highest BCUT2D eigenvalue weighted by Crippen LogP contribution is 2.04. The summed E-state index contributed by atoms with van der Waals surface area (Å²) in [6, 6.07) is -0.833. The van der Waals surface area contributed by atoms with Crippen molar-refractivity contribution in [2.75, 3.05) is 13.1 Å². The van der Waals surface area contributed by atoms with Crippen molar-refractivity contribution in [2.45, 2.75) is 26.3 Å². The van der Waals surface area contributed by atoms with E-state index in [1.165, 1.54) is 0 Å². The van der Waals surface area contributed by atoms with Crippen LogP contribution in [0, 0.1) is 18.3 Å². The number of rotatable bonds is 7. The molecule has 90 valence electrons. The summed E-state index contributed by atoms with van der Waals surface area (Å²) in [4.78, 5) is 22.1. The molecule has 0 rings (SSSR count). The van der Waals surface area contributed by atoms with E-state index in [0.29, 0.717) is 6.42 Å². The van der Waals surface area contributed by atoms with E-state index in [-0.39, 0.29) is 24.9 Å². The molecule has 1 atom stereocenters. The number of hydrogen-bond donors (Lipinski definition) is 3. The lowest BCUT2D eigenvalue weighted by atomic mass is 10.0. The number of aliphatic carboxylic acids is 1. The van der Waals surface area contributed by atoms with Gasteiger partial charge in [-0.3, -0.25) is 10.1 Å². The van der Waals surface area contributed by atoms with Crippen LogP contribution >= 0.6 is 0 Å². The fraction of sp³-hybridized carbons (Fsp3) is 0.636. The molecule has 0 spiro atoms. The number of carbonyl (C=O) groups is 2. The van der Waals surface area contributed by atoms with Gasteiger partial charge in [-0.15, -0.1) is 6.42 Å². The zero-order chi connectivity index (χ0) is 12.6. The topological polar surface area (TPSA) is 78.4 Å². The second-order valence-corrected chi connectivity index (χ2v) is 3.90. The molecule has 0 bridgehead atoms. The molecule has 5 heteroatoms. The van der Waals surface area contributed by atoms with Crippen LogP contribution < -0.4 is 10.6 Å². The lowest BCUT2D eigenvalue weighted by Crippen LogP contribution is -2.45. The molecule has 1 amide bonds. The fourth-order valence-electron chi connectivity index (χ4n) is 1.19. The minimum Gasteiger partial charge on any atom is -0.480 e. The Morgan fingerprint density at radius 3 is 2.50 bits per heavy atom. The van der Waals surface area contributed by atoms with Crippen LogP contribution in [0.25, 0.3) is 0 Å². The van der Waals surface area contributed by atoms with Gasteiger partial charge in [0.25, 0.3) is 0 Å². The molecule has 0 fully saturated rings. The summed E-state index contributed by atoms with van der Waals surface area (Å²) in [6.45, 7) is 4.12. The molecule has 0 aliphatic heterocycles. The van der Waals surface area contributed by atoms with Gasteiger partial charge in [0.1, 0.15) is 6.04 Å². The molecular formula is C11H18N2O3. The summed E-state index contributed by atoms with van der Waals surface area (Å²) < 4.78 is 0. The molecule has 0 aromatic carbocycles. The Morgan fingerprint density at radius 1 is 1.44 bits per heavy atom. The van der Waals surface area contributed by atoms with E-state index in [2.05, 4.69) is 16.6 Å². The average Bonchev–Trinajstić information content (AvgIpc) is 2.16. The second kappa shape index (κ2) is 7.71. The molecule has 3 N–H and O–H groups in total. The predicted molar refractivity (Wildman–Crippen MR) is 60.7 cm³/mol. The molecule has 0 aromatic rings. The maximum Gasteiger partial charge on any atom is 0.326 e. The van der Waals surface area contributed by atoms with E-state index >= 15 is 0 Å². The summed E-state index contributed by atoms with van der Waals surface area (Å²) in [5.41, 5.74) is 0. The highest BCUT2D eigenvalue weighted by Gasteiger charge is 2.20. The monoisotopic (exact) mass is 226 g/mol. The number of nitrogens with one attached hydrogen (secondary N) is 2. The summed E-state index contributed by atoms with van der Waals surface area (Å²) in [5, 5.41) is 14.0. The maximum absolute atomic E-state index is 11.3. The number of hydrogen-bond acceptors (Lipinski definition) is 3. The lowest BCUT2D eigenvalue weighted by Gasteiger charge is -2.16. The molecule has 16 heavy (non-hydrogen) atoms. The van der Waals surface area contributed by atoms with Gasteiger partial charge in [0.2, 0.25) is 5.91 Å². The summed E-state index contributed by atoms with van der Waals surface area (Å²) in [7, 11) is 0. The number of carbonyl (C=O) groups excluding carboxylic acids is 1. The lowest BCUT2D eigenvalue weighted by molar-refractivity contribution is -0.142. The molecule has 0 saturated heterocycles. The van der Waals surface area contributed by atoms with Crippen molar-refractivity contribution < 1.29 is 14.7 Å². The van der Waals surface area contributed by atoms with Crippen molar-refractivity contribution >= 4 is 11.9 Å². The zero-order valence-corrected chi connectivity index (χ0v) is 9.62. The van der Waals surface area contributed by atoms with Crippen LogP contribution in [-0.2, 0) is 9.59 Å². The second-order valence-electron chi connectivity index (χ2n) is 3.90. The minimum absolute atomic E-state index is 0.0338. The van der Waals surface area contributed by atoms with Gasteiger partial charge in [0, 0.05) is 0 Å². The third-order valence-electron chi connectivity index (χ3n) is 1.85. The van der Waals surface area contributed by atoms with Crippen molar-refractivity contribution in [3.05, 3.63) is 0 Å². The SMILES string of the molecule is C#CCNCC(=O)N[C@@H](CC(C)C)C(=O)O. The first-order valence-corrected chi connectivity index (χ1v) is 5.13. The van der Waals surface area contributed by atoms with Gasteiger partial charge in [-0.25, -0.2) is 4.79 Å². The van der Waals surface area contributed by atoms with Gasteiger partial charge in [-0.1, -0.05) is 19.8 Å². The van der Waals surface area contributed by atoms with E-state index in [9.17, 15) is 9.59 Å². The van der Waals surface area contributed by atoms with E-state index in [0.717, 1.165) is 0 Å². The number of terminal acetylenes is 1. The Labute approximate surface area is 95.6 Å². The Kier molecular flexibility index (Phi) is 6.97. The summed E-state index contributed by atoms with van der Waals surface area (Å²) in [5.74, 6) is 1.16. The first-order chi connectivity index (χ1) is 7.47. The number of carboxylic acid groups (broad SMARTS) is 1. The van der Waals surface area contributed by atoms with Gasteiger partial charge in [0.05, 0.1) is 13.1 Å². The van der Waals surface area contributed by atoms with Gasteiger partial charge in [0.15, 0.2) is 0 Å². The van der Waals surface area contributed by atoms with Gasteiger partial charge < -0.3 is 10.4 Å². The Balaban J connectivity index is 4.04.